The van der Waals surface area contributed by atoms with Gasteiger partial charge in [-0.2, -0.15) is 0 Å². The van der Waals surface area contributed by atoms with Crippen molar-refractivity contribution in [1.29, 1.82) is 0 Å². The highest BCUT2D eigenvalue weighted by molar-refractivity contribution is 7.88. The fourth-order valence-electron chi connectivity index (χ4n) is 2.02. The Balaban J connectivity index is 2.58. The number of hydrogen-bond acceptors (Lipinski definition) is 5. The van der Waals surface area contributed by atoms with E-state index in [9.17, 15) is 13.2 Å². The maximum absolute atomic E-state index is 12.0. The van der Waals surface area contributed by atoms with E-state index in [2.05, 4.69) is 5.32 Å². The lowest BCUT2D eigenvalue weighted by Crippen LogP contribution is -2.34. The topological polar surface area (TPSA) is 84.9 Å². The minimum atomic E-state index is -3.37. The van der Waals surface area contributed by atoms with Crippen molar-refractivity contribution in [2.24, 2.45) is 0 Å². The minimum absolute atomic E-state index is 0.0453. The maximum Gasteiger partial charge on any atom is 0.225 e. The summed E-state index contributed by atoms with van der Waals surface area (Å²) in [6.07, 6.45) is 1.74. The number of carbonyl (C=O) groups is 1. The van der Waals surface area contributed by atoms with Crippen molar-refractivity contribution >= 4 is 33.2 Å². The van der Waals surface area contributed by atoms with Gasteiger partial charge in [0, 0.05) is 38.9 Å². The van der Waals surface area contributed by atoms with Gasteiger partial charge >= 0.3 is 0 Å². The lowest BCUT2D eigenvalue weighted by Gasteiger charge is -2.19. The van der Waals surface area contributed by atoms with Crippen LogP contribution < -0.4 is 10.1 Å². The van der Waals surface area contributed by atoms with Crippen LogP contribution in [0.4, 0.5) is 5.69 Å². The van der Waals surface area contributed by atoms with Gasteiger partial charge in [-0.25, -0.2) is 12.7 Å². The van der Waals surface area contributed by atoms with Crippen LogP contribution in [-0.2, 0) is 19.6 Å². The standard InChI is InChI=1S/C15H23ClN2O5S/c1-22-10-4-8-18(24(3,20)21)9-7-15(19)17-12-5-6-14(23-2)13(16)11-12/h5-6,11H,4,7-10H2,1-3H3,(H,17,19). The number of nitrogens with zero attached hydrogens (tertiary/aromatic N) is 1. The number of amides is 1. The van der Waals surface area contributed by atoms with Crippen LogP contribution in [-0.4, -0.2) is 58.8 Å². The maximum atomic E-state index is 12.0. The van der Waals surface area contributed by atoms with E-state index in [0.717, 1.165) is 6.26 Å². The van der Waals surface area contributed by atoms with Crippen LogP contribution >= 0.6 is 11.6 Å². The van der Waals surface area contributed by atoms with Crippen LogP contribution in [0.5, 0.6) is 5.75 Å². The van der Waals surface area contributed by atoms with Crippen LogP contribution in [0.25, 0.3) is 0 Å². The highest BCUT2D eigenvalue weighted by Crippen LogP contribution is 2.27. The molecule has 0 radical (unpaired) electrons. The molecule has 0 bridgehead atoms. The van der Waals surface area contributed by atoms with Crippen molar-refractivity contribution in [3.63, 3.8) is 0 Å². The van der Waals surface area contributed by atoms with Crippen molar-refractivity contribution in [3.05, 3.63) is 23.2 Å². The zero-order valence-electron chi connectivity index (χ0n) is 14.0. The molecule has 7 nitrogen and oxygen atoms in total. The average Bonchev–Trinajstić information content (AvgIpc) is 2.49. The lowest BCUT2D eigenvalue weighted by atomic mass is 10.3. The van der Waals surface area contributed by atoms with Gasteiger partial charge in [-0.3, -0.25) is 4.79 Å². The van der Waals surface area contributed by atoms with Gasteiger partial charge < -0.3 is 14.8 Å². The summed E-state index contributed by atoms with van der Waals surface area (Å²) in [6, 6.07) is 4.88. The van der Waals surface area contributed by atoms with Gasteiger partial charge in [0.2, 0.25) is 15.9 Å². The monoisotopic (exact) mass is 378 g/mol. The smallest absolute Gasteiger partial charge is 0.225 e. The molecule has 136 valence electrons. The molecule has 1 amide bonds. The number of sulfonamides is 1. The Hall–Kier alpha value is -1.35. The third kappa shape index (κ3) is 7.04. The number of anilines is 1. The van der Waals surface area contributed by atoms with Crippen molar-refractivity contribution < 1.29 is 22.7 Å². The molecule has 0 aliphatic heterocycles. The number of rotatable bonds is 10. The van der Waals surface area contributed by atoms with Gasteiger partial charge in [0.25, 0.3) is 0 Å². The Morgan fingerprint density at radius 1 is 1.29 bits per heavy atom. The fraction of sp³-hybridized carbons (Fsp3) is 0.533. The number of ether oxygens (including phenoxy) is 2. The molecule has 24 heavy (non-hydrogen) atoms. The van der Waals surface area contributed by atoms with Gasteiger partial charge in [0.1, 0.15) is 5.75 Å². The molecule has 1 aromatic rings. The highest BCUT2D eigenvalue weighted by Gasteiger charge is 2.17. The molecule has 0 saturated heterocycles. The molecule has 1 N–H and O–H groups in total. The minimum Gasteiger partial charge on any atom is -0.495 e. The summed E-state index contributed by atoms with van der Waals surface area (Å²) in [7, 11) is -0.313. The summed E-state index contributed by atoms with van der Waals surface area (Å²) in [4.78, 5) is 12.0. The fourth-order valence-corrected chi connectivity index (χ4v) is 3.16. The van der Waals surface area contributed by atoms with Gasteiger partial charge in [0.05, 0.1) is 18.4 Å². The quantitative estimate of drug-likeness (QED) is 0.629. The Kier molecular flexibility index (Phi) is 8.47. The summed E-state index contributed by atoms with van der Waals surface area (Å²) in [6.45, 7) is 0.884. The Morgan fingerprint density at radius 3 is 2.54 bits per heavy atom. The third-order valence-electron chi connectivity index (χ3n) is 3.25. The first-order valence-corrected chi connectivity index (χ1v) is 9.58. The molecule has 0 spiro atoms. The molecule has 0 aliphatic rings. The van der Waals surface area contributed by atoms with E-state index in [-0.39, 0.29) is 18.9 Å². The predicted octanol–water partition coefficient (Wildman–Crippen LogP) is 1.98. The van der Waals surface area contributed by atoms with E-state index in [1.54, 1.807) is 25.3 Å². The number of nitrogens with one attached hydrogen (secondary N) is 1. The van der Waals surface area contributed by atoms with Crippen LogP contribution in [0.1, 0.15) is 12.8 Å². The number of methoxy groups -OCH3 is 2. The van der Waals surface area contributed by atoms with E-state index >= 15 is 0 Å². The van der Waals surface area contributed by atoms with E-state index < -0.39 is 10.0 Å². The molecule has 0 fully saturated rings. The first-order valence-electron chi connectivity index (χ1n) is 7.35. The molecule has 0 atom stereocenters. The second kappa shape index (κ2) is 9.83. The van der Waals surface area contributed by atoms with Crippen LogP contribution in [0, 0.1) is 0 Å². The van der Waals surface area contributed by atoms with Crippen molar-refractivity contribution in [2.75, 3.05) is 45.5 Å². The van der Waals surface area contributed by atoms with Crippen molar-refractivity contribution in [1.82, 2.24) is 4.31 Å². The normalized spacial score (nSPS) is 11.5. The van der Waals surface area contributed by atoms with Crippen molar-refractivity contribution in [2.45, 2.75) is 12.8 Å². The summed E-state index contributed by atoms with van der Waals surface area (Å²) in [5, 5.41) is 3.07. The summed E-state index contributed by atoms with van der Waals surface area (Å²) >= 11 is 6.00. The Labute approximate surface area is 147 Å². The number of halogens is 1. The zero-order valence-corrected chi connectivity index (χ0v) is 15.6. The highest BCUT2D eigenvalue weighted by atomic mass is 35.5. The van der Waals surface area contributed by atoms with Crippen LogP contribution in [0.2, 0.25) is 5.02 Å². The molecule has 9 heteroatoms. The number of hydrogen-bond donors (Lipinski definition) is 1. The van der Waals surface area contributed by atoms with Gasteiger partial charge in [-0.15, -0.1) is 0 Å². The van der Waals surface area contributed by atoms with E-state index in [4.69, 9.17) is 21.1 Å². The molecule has 0 aromatic heterocycles. The largest absolute Gasteiger partial charge is 0.495 e. The number of benzene rings is 1. The van der Waals surface area contributed by atoms with E-state index in [0.29, 0.717) is 36.0 Å². The first-order chi connectivity index (χ1) is 11.3. The summed E-state index contributed by atoms with van der Waals surface area (Å²) < 4.78 is 34.7. The average molecular weight is 379 g/mol. The molecule has 0 saturated carbocycles. The van der Waals surface area contributed by atoms with Gasteiger partial charge in [0.15, 0.2) is 0 Å². The van der Waals surface area contributed by atoms with Crippen molar-refractivity contribution in [3.8, 4) is 5.75 Å². The van der Waals surface area contributed by atoms with Gasteiger partial charge in [-0.1, -0.05) is 11.6 Å². The molecule has 0 heterocycles. The molecular formula is C15H23ClN2O5S. The predicted molar refractivity (Wildman–Crippen MR) is 94.2 cm³/mol. The summed E-state index contributed by atoms with van der Waals surface area (Å²) in [5.74, 6) is 0.215. The molecular weight excluding hydrogens is 356 g/mol. The molecule has 0 aliphatic carbocycles. The Morgan fingerprint density at radius 2 is 2.00 bits per heavy atom. The third-order valence-corrected chi connectivity index (χ3v) is 4.85. The van der Waals surface area contributed by atoms with Crippen LogP contribution in [0.15, 0.2) is 18.2 Å². The van der Waals surface area contributed by atoms with Gasteiger partial charge in [-0.05, 0) is 24.6 Å². The molecule has 1 aromatic carbocycles. The summed E-state index contributed by atoms with van der Waals surface area (Å²) in [5.41, 5.74) is 0.524. The second-order valence-electron chi connectivity index (χ2n) is 5.16. The number of carbonyl (C=O) groups excluding carboxylic acids is 1. The molecule has 0 unspecified atom stereocenters. The SMILES string of the molecule is COCCCN(CCC(=O)Nc1ccc(OC)c(Cl)c1)S(C)(=O)=O. The molecule has 1 rings (SSSR count). The van der Waals surface area contributed by atoms with Crippen LogP contribution in [0.3, 0.4) is 0 Å². The first kappa shape index (κ1) is 20.7. The Bertz CT molecular complexity index is 651. The van der Waals surface area contributed by atoms with E-state index in [1.807, 2.05) is 0 Å². The lowest BCUT2D eigenvalue weighted by molar-refractivity contribution is -0.116. The van der Waals surface area contributed by atoms with E-state index in [1.165, 1.54) is 11.4 Å². The zero-order chi connectivity index (χ0) is 18.2. The second-order valence-corrected chi connectivity index (χ2v) is 7.55.